The minimum Gasteiger partial charge on any atom is -0.394 e. The molecule has 0 aromatic heterocycles. The highest BCUT2D eigenvalue weighted by Gasteiger charge is 2.37. The fourth-order valence-electron chi connectivity index (χ4n) is 2.69. The zero-order chi connectivity index (χ0) is 27.3. The summed E-state index contributed by atoms with van der Waals surface area (Å²) in [6.45, 7) is -1.41. The van der Waals surface area contributed by atoms with Crippen molar-refractivity contribution in [2.45, 2.75) is 50.1 Å². The van der Waals surface area contributed by atoms with Gasteiger partial charge in [0, 0.05) is 25.7 Å². The standard InChI is InChI=1S/C18H38N8O10/c19-13(23-29)1-5-33-10-11(28)17(35-7-3-15(21)25-31)18(36-8-4-16(22)26-32)12(9-27)34-6-2-14(20)24-30/h11-12,17-18,27-32H,1-10H2,(H2,19,23)(H2,20,24)(H2,21,25)(H2,22,26). The highest BCUT2D eigenvalue weighted by Crippen LogP contribution is 2.18. The number of ether oxygens (including phenoxy) is 4. The number of aliphatic hydroxyl groups is 2. The largest absolute Gasteiger partial charge is 0.394 e. The molecular formula is C18H38N8O10. The molecule has 4 atom stereocenters. The van der Waals surface area contributed by atoms with E-state index in [1.165, 1.54) is 0 Å². The SMILES string of the molecule is N=C(CCOCC(O)C(OCCC(=N)NO)C(OCCC(=N)NO)C(CO)OCCC(=N)NO)NO. The molecule has 0 aromatic rings. The molecule has 0 rings (SSSR count). The molecule has 0 radical (unpaired) electrons. The zero-order valence-corrected chi connectivity index (χ0v) is 19.7. The predicted octanol–water partition coefficient (Wildman–Crippen LogP) is -2.10. The lowest BCUT2D eigenvalue weighted by Crippen LogP contribution is -2.52. The predicted molar refractivity (Wildman–Crippen MR) is 122 cm³/mol. The van der Waals surface area contributed by atoms with Crippen LogP contribution in [0.2, 0.25) is 0 Å². The van der Waals surface area contributed by atoms with E-state index in [1.807, 2.05) is 0 Å². The third-order valence-electron chi connectivity index (χ3n) is 4.58. The Kier molecular flexibility index (Phi) is 19.2. The first kappa shape index (κ1) is 33.5. The van der Waals surface area contributed by atoms with E-state index in [-0.39, 0.29) is 82.1 Å². The molecule has 0 aliphatic rings. The molecule has 0 heterocycles. The van der Waals surface area contributed by atoms with Crippen molar-refractivity contribution in [3.05, 3.63) is 0 Å². The average molecular weight is 527 g/mol. The molecule has 18 heteroatoms. The van der Waals surface area contributed by atoms with Gasteiger partial charge in [-0.25, -0.2) is 0 Å². The summed E-state index contributed by atoms with van der Waals surface area (Å²) >= 11 is 0. The van der Waals surface area contributed by atoms with Crippen molar-refractivity contribution in [2.24, 2.45) is 0 Å². The highest BCUT2D eigenvalue weighted by molar-refractivity contribution is 5.78. The Morgan fingerprint density at radius 2 is 1.00 bits per heavy atom. The van der Waals surface area contributed by atoms with Crippen LogP contribution >= 0.6 is 0 Å². The first-order valence-corrected chi connectivity index (χ1v) is 10.9. The number of rotatable bonds is 21. The number of nitrogens with one attached hydrogen (secondary N) is 8. The van der Waals surface area contributed by atoms with Gasteiger partial charge in [0.2, 0.25) is 0 Å². The van der Waals surface area contributed by atoms with Gasteiger partial charge in [0.05, 0.1) is 39.6 Å². The van der Waals surface area contributed by atoms with Crippen LogP contribution in [0, 0.1) is 21.6 Å². The second kappa shape index (κ2) is 20.7. The van der Waals surface area contributed by atoms with Crippen LogP contribution in [0.1, 0.15) is 25.7 Å². The lowest BCUT2D eigenvalue weighted by Gasteiger charge is -2.35. The Morgan fingerprint density at radius 3 is 1.42 bits per heavy atom. The molecule has 14 N–H and O–H groups in total. The third-order valence-corrected chi connectivity index (χ3v) is 4.58. The van der Waals surface area contributed by atoms with Crippen LogP contribution in [0.3, 0.4) is 0 Å². The van der Waals surface area contributed by atoms with E-state index in [9.17, 15) is 10.2 Å². The van der Waals surface area contributed by atoms with E-state index in [4.69, 9.17) is 61.4 Å². The van der Waals surface area contributed by atoms with E-state index in [0.29, 0.717) is 0 Å². The topological polar surface area (TPSA) is 302 Å². The minimum absolute atomic E-state index is 0.0253. The van der Waals surface area contributed by atoms with Gasteiger partial charge in [0.15, 0.2) is 0 Å². The van der Waals surface area contributed by atoms with E-state index in [1.54, 1.807) is 21.9 Å². The summed E-state index contributed by atoms with van der Waals surface area (Å²) in [4.78, 5) is 0. The van der Waals surface area contributed by atoms with Crippen LogP contribution in [0.4, 0.5) is 0 Å². The summed E-state index contributed by atoms with van der Waals surface area (Å²) in [5, 5.41) is 85.4. The van der Waals surface area contributed by atoms with E-state index in [0.717, 1.165) is 0 Å². The number of amidine groups is 4. The molecule has 36 heavy (non-hydrogen) atoms. The van der Waals surface area contributed by atoms with Gasteiger partial charge in [-0.15, -0.1) is 0 Å². The summed E-state index contributed by atoms with van der Waals surface area (Å²) in [5.41, 5.74) is 6.64. The van der Waals surface area contributed by atoms with Gasteiger partial charge in [-0.3, -0.25) is 64.4 Å². The Balaban J connectivity index is 5.57. The molecule has 0 aliphatic carbocycles. The van der Waals surface area contributed by atoms with E-state index in [2.05, 4.69) is 0 Å². The molecule has 0 fully saturated rings. The van der Waals surface area contributed by atoms with Gasteiger partial charge in [0.25, 0.3) is 0 Å². The summed E-state index contributed by atoms with van der Waals surface area (Å²) in [5.74, 6) is -0.975. The highest BCUT2D eigenvalue weighted by atomic mass is 16.6. The van der Waals surface area contributed by atoms with Crippen molar-refractivity contribution >= 4 is 23.3 Å². The smallest absolute Gasteiger partial charge is 0.120 e. The van der Waals surface area contributed by atoms with E-state index >= 15 is 0 Å². The van der Waals surface area contributed by atoms with Gasteiger partial charge in [-0.05, 0) is 0 Å². The average Bonchev–Trinajstić information content (AvgIpc) is 2.89. The lowest BCUT2D eigenvalue weighted by atomic mass is 10.0. The fraction of sp³-hybridized carbons (Fsp3) is 0.778. The first-order chi connectivity index (χ1) is 17.2. The Labute approximate surface area is 207 Å². The van der Waals surface area contributed by atoms with Crippen LogP contribution in [0.25, 0.3) is 0 Å². The van der Waals surface area contributed by atoms with Gasteiger partial charge >= 0.3 is 0 Å². The number of aliphatic hydroxyl groups excluding tert-OH is 2. The molecule has 18 nitrogen and oxygen atoms in total. The summed E-state index contributed by atoms with van der Waals surface area (Å²) < 4.78 is 22.4. The van der Waals surface area contributed by atoms with Gasteiger partial charge in [0.1, 0.15) is 47.8 Å². The quantitative estimate of drug-likeness (QED) is 0.0330. The van der Waals surface area contributed by atoms with Gasteiger partial charge in [-0.2, -0.15) is 0 Å². The maximum atomic E-state index is 10.8. The monoisotopic (exact) mass is 526 g/mol. The molecule has 0 saturated heterocycles. The molecule has 0 saturated carbocycles. The molecule has 4 unspecified atom stereocenters. The Morgan fingerprint density at radius 1 is 0.611 bits per heavy atom. The maximum absolute atomic E-state index is 10.8. The number of hydroxylamine groups is 4. The Bertz CT molecular complexity index is 659. The normalized spacial score (nSPS) is 14.3. The molecule has 0 spiro atoms. The minimum atomic E-state index is -1.38. The van der Waals surface area contributed by atoms with Crippen LogP contribution in [-0.4, -0.2) is 118 Å². The summed E-state index contributed by atoms with van der Waals surface area (Å²) in [6.07, 6.45) is -5.06. The molecule has 0 aliphatic heterocycles. The molecular weight excluding hydrogens is 488 g/mol. The van der Waals surface area contributed by atoms with Crippen LogP contribution in [0.5, 0.6) is 0 Å². The van der Waals surface area contributed by atoms with Crippen LogP contribution in [0.15, 0.2) is 0 Å². The zero-order valence-electron chi connectivity index (χ0n) is 19.7. The molecule has 0 amide bonds. The second-order valence-electron chi connectivity index (χ2n) is 7.27. The third kappa shape index (κ3) is 14.8. The molecule has 210 valence electrons. The summed E-state index contributed by atoms with van der Waals surface area (Å²) in [6, 6.07) is 0. The maximum Gasteiger partial charge on any atom is 0.120 e. The van der Waals surface area contributed by atoms with Crippen molar-refractivity contribution in [2.75, 3.05) is 39.6 Å². The number of hydrogen-bond donors (Lipinski definition) is 14. The Hall–Kier alpha value is -2.52. The van der Waals surface area contributed by atoms with Crippen molar-refractivity contribution in [1.82, 2.24) is 21.9 Å². The first-order valence-electron chi connectivity index (χ1n) is 10.9. The molecule has 0 bridgehead atoms. The number of hydrogen-bond acceptors (Lipinski definition) is 14. The van der Waals surface area contributed by atoms with Gasteiger partial charge in [-0.1, -0.05) is 0 Å². The van der Waals surface area contributed by atoms with Crippen molar-refractivity contribution in [1.29, 1.82) is 21.6 Å². The van der Waals surface area contributed by atoms with Crippen LogP contribution < -0.4 is 21.9 Å². The van der Waals surface area contributed by atoms with E-state index < -0.39 is 31.0 Å². The second-order valence-corrected chi connectivity index (χ2v) is 7.27. The molecule has 0 aromatic carbocycles. The summed E-state index contributed by atoms with van der Waals surface area (Å²) in [7, 11) is 0. The van der Waals surface area contributed by atoms with Crippen molar-refractivity contribution in [3.8, 4) is 0 Å². The fourth-order valence-corrected chi connectivity index (χ4v) is 2.69. The van der Waals surface area contributed by atoms with Crippen molar-refractivity contribution in [3.63, 3.8) is 0 Å². The van der Waals surface area contributed by atoms with Gasteiger partial charge < -0.3 is 29.2 Å². The lowest BCUT2D eigenvalue weighted by molar-refractivity contribution is -0.182. The van der Waals surface area contributed by atoms with Crippen LogP contribution in [-0.2, 0) is 18.9 Å². The van der Waals surface area contributed by atoms with Crippen molar-refractivity contribution < 1.29 is 50.0 Å².